The van der Waals surface area contributed by atoms with Crippen molar-refractivity contribution in [2.24, 2.45) is 0 Å². The molecule has 1 aromatic rings. The fourth-order valence-corrected chi connectivity index (χ4v) is 7.83. The van der Waals surface area contributed by atoms with Gasteiger partial charge in [-0.1, -0.05) is 123 Å². The zero-order valence-electron chi connectivity index (χ0n) is 44.9. The van der Waals surface area contributed by atoms with E-state index in [1.165, 1.54) is 89.9 Å². The third-order valence-corrected chi connectivity index (χ3v) is 12.3. The average molecular weight is 947 g/mol. The molecule has 1 aromatic carbocycles. The standard InChI is InChI=1S/C56H106N4O7/c1-9-12-15-18-21-27-46-63-52(5)65-48-29-23-39-59(40-24-30-49-66-53(6)64-47-28-22-19-16-13-10-2)43-44-60(41-25-31-50-67-51(4)62-45-26-20-17-14-11-3)42-38-57-56(61)37-34-54-32-35-55(36-33-54)58(7)8/h32-37,51-53H,9-31,38-50H2,1-8H3,(H,57,61)/b37-34+. The van der Waals surface area contributed by atoms with Crippen LogP contribution < -0.4 is 10.2 Å². The first-order chi connectivity index (χ1) is 32.7. The molecule has 392 valence electrons. The van der Waals surface area contributed by atoms with Crippen LogP contribution in [0, 0.1) is 0 Å². The summed E-state index contributed by atoms with van der Waals surface area (Å²) in [6, 6.07) is 8.21. The molecule has 0 bridgehead atoms. The first kappa shape index (κ1) is 62.9. The van der Waals surface area contributed by atoms with Gasteiger partial charge in [0.05, 0.1) is 0 Å². The molecule has 0 aliphatic heterocycles. The van der Waals surface area contributed by atoms with Crippen LogP contribution in [0.5, 0.6) is 0 Å². The van der Waals surface area contributed by atoms with E-state index in [0.29, 0.717) is 26.4 Å². The lowest BCUT2D eigenvalue weighted by molar-refractivity contribution is -0.132. The molecule has 11 heteroatoms. The van der Waals surface area contributed by atoms with Gasteiger partial charge < -0.3 is 48.4 Å². The van der Waals surface area contributed by atoms with Gasteiger partial charge in [0.25, 0.3) is 0 Å². The Labute approximate surface area is 413 Å². The van der Waals surface area contributed by atoms with Crippen LogP contribution in [0.3, 0.4) is 0 Å². The second kappa shape index (κ2) is 46.3. The van der Waals surface area contributed by atoms with Crippen LogP contribution in [0.1, 0.15) is 195 Å². The molecule has 0 aromatic heterocycles. The van der Waals surface area contributed by atoms with Crippen molar-refractivity contribution in [2.75, 3.05) is 104 Å². The van der Waals surface area contributed by atoms with Crippen molar-refractivity contribution in [3.05, 3.63) is 35.9 Å². The molecule has 67 heavy (non-hydrogen) atoms. The van der Waals surface area contributed by atoms with Crippen molar-refractivity contribution < 1.29 is 33.2 Å². The highest BCUT2D eigenvalue weighted by Crippen LogP contribution is 2.14. The van der Waals surface area contributed by atoms with Gasteiger partial charge in [0.1, 0.15) is 0 Å². The van der Waals surface area contributed by atoms with Crippen molar-refractivity contribution in [1.29, 1.82) is 0 Å². The van der Waals surface area contributed by atoms with Gasteiger partial charge in [0.15, 0.2) is 18.9 Å². The normalized spacial score (nSPS) is 13.3. The van der Waals surface area contributed by atoms with Crippen LogP contribution in [-0.4, -0.2) is 134 Å². The predicted molar refractivity (Wildman–Crippen MR) is 283 cm³/mol. The number of anilines is 1. The monoisotopic (exact) mass is 947 g/mol. The Balaban J connectivity index is 2.75. The Bertz CT molecular complexity index is 1200. The SMILES string of the molecule is CCCCCCCCOC(C)OCCCCN(CCCCOC(C)OCCCCCCCC)CCN(CCCCOC(C)OCCCCCCC)CCNC(=O)/C=C/c1ccc(N(C)C)cc1. The molecule has 1 rings (SSSR count). The van der Waals surface area contributed by atoms with Gasteiger partial charge >= 0.3 is 0 Å². The molecule has 3 atom stereocenters. The summed E-state index contributed by atoms with van der Waals surface area (Å²) in [7, 11) is 4.05. The van der Waals surface area contributed by atoms with Gasteiger partial charge in [0, 0.05) is 91.7 Å². The van der Waals surface area contributed by atoms with E-state index in [2.05, 4.69) is 52.9 Å². The molecule has 0 saturated heterocycles. The molecule has 0 aliphatic carbocycles. The maximum absolute atomic E-state index is 12.9. The Morgan fingerprint density at radius 2 is 0.791 bits per heavy atom. The van der Waals surface area contributed by atoms with Crippen molar-refractivity contribution in [1.82, 2.24) is 15.1 Å². The summed E-state index contributed by atoms with van der Waals surface area (Å²) in [5.41, 5.74) is 2.14. The van der Waals surface area contributed by atoms with Crippen LogP contribution in [-0.2, 0) is 33.2 Å². The topological polar surface area (TPSA) is 94.2 Å². The summed E-state index contributed by atoms with van der Waals surface area (Å²) in [6.07, 6.45) is 30.5. The summed E-state index contributed by atoms with van der Waals surface area (Å²) in [5.74, 6) is -0.0697. The van der Waals surface area contributed by atoms with Gasteiger partial charge in [-0.25, -0.2) is 0 Å². The van der Waals surface area contributed by atoms with E-state index in [4.69, 9.17) is 28.4 Å². The zero-order valence-corrected chi connectivity index (χ0v) is 44.9. The van der Waals surface area contributed by atoms with Crippen molar-refractivity contribution in [3.8, 4) is 0 Å². The van der Waals surface area contributed by atoms with Crippen LogP contribution in [0.2, 0.25) is 0 Å². The summed E-state index contributed by atoms with van der Waals surface area (Å²) in [4.78, 5) is 20.1. The van der Waals surface area contributed by atoms with Crippen LogP contribution in [0.25, 0.3) is 6.08 Å². The molecule has 1 amide bonds. The number of unbranched alkanes of at least 4 members (excludes halogenated alkanes) is 17. The predicted octanol–water partition coefficient (Wildman–Crippen LogP) is 12.7. The molecule has 0 aliphatic rings. The van der Waals surface area contributed by atoms with E-state index in [1.54, 1.807) is 6.08 Å². The number of carbonyl (C=O) groups excluding carboxylic acids is 1. The number of carbonyl (C=O) groups is 1. The highest BCUT2D eigenvalue weighted by Gasteiger charge is 2.12. The molecule has 0 fully saturated rings. The first-order valence-electron chi connectivity index (χ1n) is 27.6. The second-order valence-corrected chi connectivity index (χ2v) is 18.8. The Morgan fingerprint density at radius 1 is 0.463 bits per heavy atom. The van der Waals surface area contributed by atoms with E-state index in [9.17, 15) is 4.79 Å². The molecule has 0 saturated carbocycles. The van der Waals surface area contributed by atoms with Crippen molar-refractivity contribution in [3.63, 3.8) is 0 Å². The van der Waals surface area contributed by atoms with E-state index in [0.717, 1.165) is 128 Å². The Hall–Kier alpha value is -2.09. The molecule has 0 radical (unpaired) electrons. The fourth-order valence-electron chi connectivity index (χ4n) is 7.83. The zero-order chi connectivity index (χ0) is 48.8. The number of ether oxygens (including phenoxy) is 6. The number of hydrogen-bond donors (Lipinski definition) is 1. The number of rotatable bonds is 50. The molecule has 1 N–H and O–H groups in total. The smallest absolute Gasteiger partial charge is 0.244 e. The van der Waals surface area contributed by atoms with Gasteiger partial charge in [-0.15, -0.1) is 0 Å². The lowest BCUT2D eigenvalue weighted by Crippen LogP contribution is -2.40. The number of hydrogen-bond acceptors (Lipinski definition) is 10. The lowest BCUT2D eigenvalue weighted by atomic mass is 10.1. The number of amides is 1. The highest BCUT2D eigenvalue weighted by atomic mass is 16.7. The van der Waals surface area contributed by atoms with Gasteiger partial charge in [-0.05, 0) is 122 Å². The summed E-state index contributed by atoms with van der Waals surface area (Å²) >= 11 is 0. The fraction of sp³-hybridized carbons (Fsp3) is 0.839. The summed E-state index contributed by atoms with van der Waals surface area (Å²) < 4.78 is 36.0. The van der Waals surface area contributed by atoms with E-state index < -0.39 is 0 Å². The molecule has 0 spiro atoms. The highest BCUT2D eigenvalue weighted by molar-refractivity contribution is 5.91. The molecule has 3 unspecified atom stereocenters. The van der Waals surface area contributed by atoms with Crippen LogP contribution >= 0.6 is 0 Å². The first-order valence-corrected chi connectivity index (χ1v) is 27.6. The Kier molecular flexibility index (Phi) is 43.5. The third-order valence-electron chi connectivity index (χ3n) is 12.3. The number of nitrogens with zero attached hydrogens (tertiary/aromatic N) is 3. The molecule has 11 nitrogen and oxygen atoms in total. The second-order valence-electron chi connectivity index (χ2n) is 18.8. The van der Waals surface area contributed by atoms with Gasteiger partial charge in [0.2, 0.25) is 5.91 Å². The van der Waals surface area contributed by atoms with E-state index in [-0.39, 0.29) is 24.8 Å². The van der Waals surface area contributed by atoms with Gasteiger partial charge in [-0.3, -0.25) is 4.79 Å². The van der Waals surface area contributed by atoms with Crippen LogP contribution in [0.4, 0.5) is 5.69 Å². The lowest BCUT2D eigenvalue weighted by Gasteiger charge is -2.28. The number of benzene rings is 1. The number of nitrogens with one attached hydrogen (secondary N) is 1. The average Bonchev–Trinajstić information content (AvgIpc) is 3.32. The quantitative estimate of drug-likeness (QED) is 0.0387. The molecular weight excluding hydrogens is 841 g/mol. The third kappa shape index (κ3) is 40.4. The minimum atomic E-state index is -0.178. The molecule has 0 heterocycles. The summed E-state index contributed by atoms with van der Waals surface area (Å²) in [5, 5.41) is 3.14. The van der Waals surface area contributed by atoms with Crippen molar-refractivity contribution >= 4 is 17.7 Å². The van der Waals surface area contributed by atoms with E-state index >= 15 is 0 Å². The molecular formula is C56H106N4O7. The largest absolute Gasteiger partial charge is 0.378 e. The maximum atomic E-state index is 12.9. The Morgan fingerprint density at radius 3 is 1.15 bits per heavy atom. The van der Waals surface area contributed by atoms with Crippen molar-refractivity contribution in [2.45, 2.75) is 208 Å². The van der Waals surface area contributed by atoms with Crippen LogP contribution in [0.15, 0.2) is 30.3 Å². The minimum absolute atomic E-state index is 0.0697. The summed E-state index contributed by atoms with van der Waals surface area (Å²) in [6.45, 7) is 23.5. The minimum Gasteiger partial charge on any atom is -0.378 e. The van der Waals surface area contributed by atoms with Gasteiger partial charge in [-0.2, -0.15) is 0 Å². The maximum Gasteiger partial charge on any atom is 0.244 e. The van der Waals surface area contributed by atoms with E-state index in [1.807, 2.05) is 53.1 Å².